The molecule has 1 fully saturated rings. The Morgan fingerprint density at radius 3 is 2.76 bits per heavy atom. The Kier molecular flexibility index (Phi) is 4.08. The van der Waals surface area contributed by atoms with Gasteiger partial charge in [-0.05, 0) is 25.0 Å². The molecule has 6 heteroatoms. The zero-order valence-corrected chi connectivity index (χ0v) is 13.2. The van der Waals surface area contributed by atoms with E-state index >= 15 is 0 Å². The van der Waals surface area contributed by atoms with Crippen LogP contribution in [-0.2, 0) is 0 Å². The van der Waals surface area contributed by atoms with Crippen LogP contribution in [-0.4, -0.2) is 23.4 Å². The van der Waals surface area contributed by atoms with Gasteiger partial charge in [0.2, 0.25) is 0 Å². The molecule has 0 amide bonds. The van der Waals surface area contributed by atoms with Crippen LogP contribution in [0.3, 0.4) is 0 Å². The van der Waals surface area contributed by atoms with Gasteiger partial charge < -0.3 is 9.84 Å². The molecule has 0 bridgehead atoms. The van der Waals surface area contributed by atoms with Gasteiger partial charge in [-0.15, -0.1) is 23.1 Å². The fourth-order valence-electron chi connectivity index (χ4n) is 2.68. The van der Waals surface area contributed by atoms with Crippen LogP contribution in [0.5, 0.6) is 5.75 Å². The third-order valence-electron chi connectivity index (χ3n) is 3.72. The number of hydrogen-bond acceptors (Lipinski definition) is 4. The van der Waals surface area contributed by atoms with E-state index in [0.29, 0.717) is 20.2 Å². The number of carbonyl (C=O) groups is 1. The van der Waals surface area contributed by atoms with E-state index in [1.165, 1.54) is 20.0 Å². The third kappa shape index (κ3) is 2.62. The molecule has 21 heavy (non-hydrogen) atoms. The van der Waals surface area contributed by atoms with Crippen molar-refractivity contribution in [3.63, 3.8) is 0 Å². The fourth-order valence-corrected chi connectivity index (χ4v) is 5.37. The summed E-state index contributed by atoms with van der Waals surface area (Å²) in [5.41, 5.74) is 0. The summed E-state index contributed by atoms with van der Waals surface area (Å²) in [6.07, 6.45) is 4.56. The molecule has 1 saturated carbocycles. The number of thiophene rings is 1. The molecule has 0 unspecified atom stereocenters. The average molecular weight is 326 g/mol. The van der Waals surface area contributed by atoms with Crippen LogP contribution in [0.4, 0.5) is 4.39 Å². The van der Waals surface area contributed by atoms with Gasteiger partial charge in [0.25, 0.3) is 0 Å². The van der Waals surface area contributed by atoms with Gasteiger partial charge in [-0.25, -0.2) is 9.18 Å². The molecule has 0 saturated heterocycles. The molecule has 0 radical (unpaired) electrons. The van der Waals surface area contributed by atoms with Crippen LogP contribution in [0.2, 0.25) is 0 Å². The maximum atomic E-state index is 14.3. The molecule has 1 aliphatic rings. The molecule has 2 aromatic rings. The van der Waals surface area contributed by atoms with Crippen molar-refractivity contribution >= 4 is 39.2 Å². The lowest BCUT2D eigenvalue weighted by atomic mass is 10.2. The van der Waals surface area contributed by atoms with Crippen molar-refractivity contribution in [2.24, 2.45) is 0 Å². The van der Waals surface area contributed by atoms with Gasteiger partial charge in [0.1, 0.15) is 4.88 Å². The molecular weight excluding hydrogens is 311 g/mol. The predicted octanol–water partition coefficient (Wildman–Crippen LogP) is 4.78. The van der Waals surface area contributed by atoms with E-state index in [0.717, 1.165) is 24.2 Å². The van der Waals surface area contributed by atoms with Crippen molar-refractivity contribution in [2.75, 3.05) is 7.11 Å². The summed E-state index contributed by atoms with van der Waals surface area (Å²) < 4.78 is 19.7. The minimum atomic E-state index is -0.991. The summed E-state index contributed by atoms with van der Waals surface area (Å²) in [7, 11) is 1.41. The smallest absolute Gasteiger partial charge is 0.347 e. The Hall–Kier alpha value is -1.27. The summed E-state index contributed by atoms with van der Waals surface area (Å²) in [6.45, 7) is 0. The van der Waals surface area contributed by atoms with Gasteiger partial charge in [-0.1, -0.05) is 12.8 Å². The second-order valence-electron chi connectivity index (χ2n) is 5.05. The third-order valence-corrected chi connectivity index (χ3v) is 6.50. The Labute approximate surface area is 130 Å². The first-order valence-corrected chi connectivity index (χ1v) is 8.50. The van der Waals surface area contributed by atoms with Crippen molar-refractivity contribution in [1.29, 1.82) is 0 Å². The van der Waals surface area contributed by atoms with Crippen molar-refractivity contribution in [1.82, 2.24) is 0 Å². The highest BCUT2D eigenvalue weighted by molar-refractivity contribution is 8.00. The Balaban J connectivity index is 2.13. The van der Waals surface area contributed by atoms with Gasteiger partial charge in [-0.3, -0.25) is 0 Å². The minimum absolute atomic E-state index is 0.151. The summed E-state index contributed by atoms with van der Waals surface area (Å²) in [5, 5.41) is 10.5. The van der Waals surface area contributed by atoms with Gasteiger partial charge in [0, 0.05) is 15.5 Å². The summed E-state index contributed by atoms with van der Waals surface area (Å²) >= 11 is 2.58. The normalized spacial score (nSPS) is 15.7. The average Bonchev–Trinajstić information content (AvgIpc) is 3.08. The number of hydrogen-bond donors (Lipinski definition) is 1. The molecule has 3 nitrogen and oxygen atoms in total. The van der Waals surface area contributed by atoms with Crippen LogP contribution < -0.4 is 4.74 Å². The van der Waals surface area contributed by atoms with Crippen molar-refractivity contribution < 1.29 is 19.0 Å². The first-order valence-electron chi connectivity index (χ1n) is 6.80. The second kappa shape index (κ2) is 5.85. The molecule has 1 aromatic carbocycles. The number of thioether (sulfide) groups is 1. The van der Waals surface area contributed by atoms with E-state index in [9.17, 15) is 14.3 Å². The van der Waals surface area contributed by atoms with Crippen LogP contribution in [0.25, 0.3) is 10.1 Å². The lowest BCUT2D eigenvalue weighted by Gasteiger charge is -2.09. The lowest BCUT2D eigenvalue weighted by Crippen LogP contribution is -1.98. The summed E-state index contributed by atoms with van der Waals surface area (Å²) in [5.74, 6) is -1.31. The predicted molar refractivity (Wildman–Crippen MR) is 83.4 cm³/mol. The van der Waals surface area contributed by atoms with Gasteiger partial charge in [-0.2, -0.15) is 0 Å². The number of benzene rings is 1. The zero-order valence-electron chi connectivity index (χ0n) is 11.5. The van der Waals surface area contributed by atoms with Crippen molar-refractivity contribution in [2.45, 2.75) is 35.8 Å². The first-order chi connectivity index (χ1) is 10.1. The number of aromatic carboxylic acids is 1. The number of halogens is 1. The van der Waals surface area contributed by atoms with E-state index in [4.69, 9.17) is 4.74 Å². The fraction of sp³-hybridized carbons (Fsp3) is 0.400. The molecule has 1 aromatic heterocycles. The number of carboxylic acids is 1. The molecule has 1 aliphatic carbocycles. The number of fused-ring (bicyclic) bond motifs is 1. The monoisotopic (exact) mass is 326 g/mol. The quantitative estimate of drug-likeness (QED) is 0.878. The highest BCUT2D eigenvalue weighted by Gasteiger charge is 2.25. The Bertz CT molecular complexity index is 690. The van der Waals surface area contributed by atoms with E-state index in [-0.39, 0.29) is 10.6 Å². The van der Waals surface area contributed by atoms with E-state index in [1.807, 2.05) is 0 Å². The van der Waals surface area contributed by atoms with Crippen molar-refractivity contribution in [3.8, 4) is 5.75 Å². The van der Waals surface area contributed by atoms with Crippen LogP contribution >= 0.6 is 23.1 Å². The zero-order chi connectivity index (χ0) is 15.0. The second-order valence-corrected chi connectivity index (χ2v) is 7.38. The van der Waals surface area contributed by atoms with E-state index in [2.05, 4.69) is 0 Å². The molecule has 112 valence electrons. The molecule has 0 spiro atoms. The van der Waals surface area contributed by atoms with Gasteiger partial charge in [0.15, 0.2) is 11.6 Å². The molecular formula is C15H15FO3S2. The lowest BCUT2D eigenvalue weighted by molar-refractivity contribution is 0.0699. The molecule has 3 rings (SSSR count). The topological polar surface area (TPSA) is 46.5 Å². The molecule has 0 aliphatic heterocycles. The highest BCUT2D eigenvalue weighted by atomic mass is 32.2. The van der Waals surface area contributed by atoms with E-state index < -0.39 is 11.8 Å². The molecule has 1 N–H and O–H groups in total. The highest BCUT2D eigenvalue weighted by Crippen LogP contribution is 2.45. The molecule has 1 heterocycles. The Morgan fingerprint density at radius 2 is 2.14 bits per heavy atom. The van der Waals surface area contributed by atoms with E-state index in [1.54, 1.807) is 23.9 Å². The number of ether oxygens (including phenoxy) is 1. The van der Waals surface area contributed by atoms with Crippen molar-refractivity contribution in [3.05, 3.63) is 22.8 Å². The number of carboxylic acid groups (broad SMARTS) is 1. The summed E-state index contributed by atoms with van der Waals surface area (Å²) in [4.78, 5) is 12.4. The van der Waals surface area contributed by atoms with Gasteiger partial charge in [0.05, 0.1) is 11.8 Å². The first kappa shape index (κ1) is 14.7. The molecule has 0 atom stereocenters. The summed E-state index contributed by atoms with van der Waals surface area (Å²) in [6, 6.07) is 3.33. The standard InChI is InChI=1S/C15H15FO3S2/c1-19-10-7-6-9-12(11(10)16)21-14(15(17)18)13(9)20-8-4-2-3-5-8/h6-8H,2-5H2,1H3,(H,17,18). The van der Waals surface area contributed by atoms with Crippen LogP contribution in [0.1, 0.15) is 35.4 Å². The van der Waals surface area contributed by atoms with Crippen LogP contribution in [0, 0.1) is 5.82 Å². The maximum Gasteiger partial charge on any atom is 0.347 e. The SMILES string of the molecule is COc1ccc2c(SC3CCCC3)c(C(=O)O)sc2c1F. The minimum Gasteiger partial charge on any atom is -0.494 e. The Morgan fingerprint density at radius 1 is 1.43 bits per heavy atom. The largest absolute Gasteiger partial charge is 0.494 e. The number of rotatable bonds is 4. The maximum absolute atomic E-state index is 14.3. The van der Waals surface area contributed by atoms with Crippen LogP contribution in [0.15, 0.2) is 17.0 Å². The van der Waals surface area contributed by atoms with Gasteiger partial charge >= 0.3 is 5.97 Å². The number of methoxy groups -OCH3 is 1.